The molecular weight excluding hydrogens is 447 g/mol. The quantitative estimate of drug-likeness (QED) is 0.278. The lowest BCUT2D eigenvalue weighted by Gasteiger charge is -2.08. The maximum atomic E-state index is 13.5. The van der Waals surface area contributed by atoms with E-state index in [4.69, 9.17) is 0 Å². The van der Waals surface area contributed by atoms with Crippen LogP contribution in [0.1, 0.15) is 0 Å². The second-order valence-electron chi connectivity index (χ2n) is 5.25. The SMILES string of the molecule is O=C(Cn1ccc2cc([N+](=O)[O-])ccc21)Nc1cc(F)c(I)c(F)c1. The van der Waals surface area contributed by atoms with Gasteiger partial charge in [0.05, 0.1) is 8.49 Å². The second-order valence-corrected chi connectivity index (χ2v) is 6.32. The highest BCUT2D eigenvalue weighted by molar-refractivity contribution is 14.1. The molecule has 25 heavy (non-hydrogen) atoms. The number of rotatable bonds is 4. The summed E-state index contributed by atoms with van der Waals surface area (Å²) in [7, 11) is 0. The van der Waals surface area contributed by atoms with E-state index in [0.29, 0.717) is 10.9 Å². The molecule has 0 aliphatic heterocycles. The van der Waals surface area contributed by atoms with Crippen LogP contribution in [0.5, 0.6) is 0 Å². The highest BCUT2D eigenvalue weighted by atomic mass is 127. The Balaban J connectivity index is 1.79. The smallest absolute Gasteiger partial charge is 0.270 e. The minimum atomic E-state index is -0.755. The van der Waals surface area contributed by atoms with Gasteiger partial charge in [-0.2, -0.15) is 0 Å². The molecule has 0 atom stereocenters. The van der Waals surface area contributed by atoms with E-state index >= 15 is 0 Å². The minimum Gasteiger partial charge on any atom is -0.338 e. The van der Waals surface area contributed by atoms with Crippen LogP contribution < -0.4 is 5.32 Å². The van der Waals surface area contributed by atoms with E-state index < -0.39 is 22.5 Å². The number of nitrogens with one attached hydrogen (secondary N) is 1. The summed E-state index contributed by atoms with van der Waals surface area (Å²) < 4.78 is 28.5. The first-order valence-electron chi connectivity index (χ1n) is 7.03. The minimum absolute atomic E-state index is 0.0208. The number of hydrogen-bond acceptors (Lipinski definition) is 3. The Morgan fingerprint density at radius 1 is 1.20 bits per heavy atom. The number of benzene rings is 2. The molecule has 0 aliphatic carbocycles. The molecule has 1 heterocycles. The van der Waals surface area contributed by atoms with Crippen molar-refractivity contribution in [2.75, 3.05) is 5.32 Å². The van der Waals surface area contributed by atoms with Gasteiger partial charge in [-0.3, -0.25) is 14.9 Å². The molecule has 0 spiro atoms. The number of nitro benzene ring substituents is 1. The number of aromatic nitrogens is 1. The number of fused-ring (bicyclic) bond motifs is 1. The molecule has 0 saturated heterocycles. The molecule has 9 heteroatoms. The molecule has 0 fully saturated rings. The number of hydrogen-bond donors (Lipinski definition) is 1. The summed E-state index contributed by atoms with van der Waals surface area (Å²) in [6, 6.07) is 8.04. The van der Waals surface area contributed by atoms with E-state index in [1.807, 2.05) is 0 Å². The third kappa shape index (κ3) is 3.60. The summed E-state index contributed by atoms with van der Waals surface area (Å²) in [5, 5.41) is 13.8. The molecule has 1 aromatic heterocycles. The van der Waals surface area contributed by atoms with Gasteiger partial charge in [0.1, 0.15) is 18.2 Å². The predicted octanol–water partition coefficient (Wildman–Crippen LogP) is 4.07. The molecule has 0 aliphatic rings. The first kappa shape index (κ1) is 17.3. The number of non-ortho nitro benzene ring substituents is 1. The monoisotopic (exact) mass is 457 g/mol. The molecule has 6 nitrogen and oxygen atoms in total. The molecule has 128 valence electrons. The van der Waals surface area contributed by atoms with Crippen LogP contribution in [-0.2, 0) is 11.3 Å². The standard InChI is InChI=1S/C16H10F2IN3O3/c17-12-6-10(7-13(18)16(12)19)20-15(23)8-21-4-3-9-5-11(22(24)25)1-2-14(9)21/h1-7H,8H2,(H,20,23). The van der Waals surface area contributed by atoms with Gasteiger partial charge < -0.3 is 9.88 Å². The molecular formula is C16H10F2IN3O3. The van der Waals surface area contributed by atoms with Crippen molar-refractivity contribution in [3.05, 3.63) is 67.9 Å². The predicted molar refractivity (Wildman–Crippen MR) is 96.3 cm³/mol. The fraction of sp³-hybridized carbons (Fsp3) is 0.0625. The van der Waals surface area contributed by atoms with Crippen LogP contribution in [0.4, 0.5) is 20.2 Å². The Morgan fingerprint density at radius 2 is 1.88 bits per heavy atom. The highest BCUT2D eigenvalue weighted by Gasteiger charge is 2.13. The molecule has 3 aromatic rings. The number of anilines is 1. The lowest BCUT2D eigenvalue weighted by Crippen LogP contribution is -2.18. The summed E-state index contributed by atoms with van der Waals surface area (Å²) in [6.45, 7) is -0.101. The molecule has 3 rings (SSSR count). The lowest BCUT2D eigenvalue weighted by atomic mass is 10.2. The van der Waals surface area contributed by atoms with Gasteiger partial charge in [0.2, 0.25) is 5.91 Å². The molecule has 2 aromatic carbocycles. The van der Waals surface area contributed by atoms with Gasteiger partial charge in [-0.15, -0.1) is 0 Å². The zero-order valence-corrected chi connectivity index (χ0v) is 14.7. The second kappa shape index (κ2) is 6.75. The van der Waals surface area contributed by atoms with E-state index in [-0.39, 0.29) is 21.5 Å². The molecule has 1 amide bonds. The van der Waals surface area contributed by atoms with Crippen molar-refractivity contribution in [3.8, 4) is 0 Å². The molecule has 0 unspecified atom stereocenters. The van der Waals surface area contributed by atoms with E-state index in [9.17, 15) is 23.7 Å². The van der Waals surface area contributed by atoms with Crippen LogP contribution in [0.15, 0.2) is 42.6 Å². The number of nitro groups is 1. The molecule has 0 radical (unpaired) electrons. The van der Waals surface area contributed by atoms with E-state index in [1.54, 1.807) is 22.9 Å². The van der Waals surface area contributed by atoms with Gasteiger partial charge in [0.25, 0.3) is 5.69 Å². The first-order chi connectivity index (χ1) is 11.8. The summed E-state index contributed by atoms with van der Waals surface area (Å²) >= 11 is 1.54. The van der Waals surface area contributed by atoms with Crippen LogP contribution in [0.25, 0.3) is 10.9 Å². The summed E-state index contributed by atoms with van der Waals surface area (Å²) in [5.74, 6) is -1.99. The van der Waals surface area contributed by atoms with Crippen LogP contribution >= 0.6 is 22.6 Å². The number of carbonyl (C=O) groups excluding carboxylic acids is 1. The van der Waals surface area contributed by atoms with Crippen molar-refractivity contribution in [2.24, 2.45) is 0 Å². The van der Waals surface area contributed by atoms with Crippen LogP contribution in [0.3, 0.4) is 0 Å². The van der Waals surface area contributed by atoms with Gasteiger partial charge in [-0.1, -0.05) is 0 Å². The average Bonchev–Trinajstić information content (AvgIpc) is 2.94. The van der Waals surface area contributed by atoms with Crippen molar-refractivity contribution < 1.29 is 18.5 Å². The van der Waals surface area contributed by atoms with Crippen molar-refractivity contribution in [1.29, 1.82) is 0 Å². The summed E-state index contributed by atoms with van der Waals surface area (Å²) in [4.78, 5) is 22.4. The number of amides is 1. The van der Waals surface area contributed by atoms with Crippen molar-refractivity contribution in [1.82, 2.24) is 4.57 Å². The van der Waals surface area contributed by atoms with Gasteiger partial charge in [-0.05, 0) is 46.9 Å². The van der Waals surface area contributed by atoms with Crippen molar-refractivity contribution >= 4 is 50.8 Å². The Bertz CT molecular complexity index is 980. The Morgan fingerprint density at radius 3 is 2.52 bits per heavy atom. The molecule has 0 saturated carbocycles. The van der Waals surface area contributed by atoms with Crippen LogP contribution in [0, 0.1) is 25.3 Å². The van der Waals surface area contributed by atoms with Gasteiger partial charge in [0.15, 0.2) is 0 Å². The fourth-order valence-corrected chi connectivity index (χ4v) is 2.73. The number of halogens is 3. The zero-order chi connectivity index (χ0) is 18.1. The highest BCUT2D eigenvalue weighted by Crippen LogP contribution is 2.23. The molecule has 0 bridgehead atoms. The average molecular weight is 457 g/mol. The van der Waals surface area contributed by atoms with Gasteiger partial charge in [0, 0.05) is 34.9 Å². The maximum Gasteiger partial charge on any atom is 0.270 e. The van der Waals surface area contributed by atoms with E-state index in [2.05, 4.69) is 5.32 Å². The third-order valence-corrected chi connectivity index (χ3v) is 4.58. The normalized spacial score (nSPS) is 10.8. The van der Waals surface area contributed by atoms with Crippen molar-refractivity contribution in [3.63, 3.8) is 0 Å². The maximum absolute atomic E-state index is 13.5. The summed E-state index contributed by atoms with van der Waals surface area (Å²) in [6.07, 6.45) is 1.61. The zero-order valence-electron chi connectivity index (χ0n) is 12.5. The fourth-order valence-electron chi connectivity index (χ4n) is 2.42. The Labute approximate surface area is 153 Å². The Hall–Kier alpha value is -2.56. The lowest BCUT2D eigenvalue weighted by molar-refractivity contribution is -0.384. The van der Waals surface area contributed by atoms with Gasteiger partial charge >= 0.3 is 0 Å². The van der Waals surface area contributed by atoms with Crippen LogP contribution in [0.2, 0.25) is 0 Å². The topological polar surface area (TPSA) is 77.2 Å². The largest absolute Gasteiger partial charge is 0.338 e. The molecule has 1 N–H and O–H groups in total. The summed E-state index contributed by atoms with van der Waals surface area (Å²) in [5.41, 5.74) is 0.618. The van der Waals surface area contributed by atoms with Crippen molar-refractivity contribution in [2.45, 2.75) is 6.54 Å². The third-order valence-electron chi connectivity index (χ3n) is 3.55. The number of nitrogens with zero attached hydrogens (tertiary/aromatic N) is 2. The van der Waals surface area contributed by atoms with E-state index in [1.165, 1.54) is 34.7 Å². The van der Waals surface area contributed by atoms with E-state index in [0.717, 1.165) is 12.1 Å². The van der Waals surface area contributed by atoms with Crippen LogP contribution in [-0.4, -0.2) is 15.4 Å². The number of carbonyl (C=O) groups is 1. The van der Waals surface area contributed by atoms with Gasteiger partial charge in [-0.25, -0.2) is 8.78 Å². The Kier molecular flexibility index (Phi) is 4.66. The first-order valence-corrected chi connectivity index (χ1v) is 8.10.